The van der Waals surface area contributed by atoms with E-state index in [1.165, 1.54) is 12.1 Å². The Morgan fingerprint density at radius 3 is 2.52 bits per heavy atom. The summed E-state index contributed by atoms with van der Waals surface area (Å²) in [4.78, 5) is 19.9. The van der Waals surface area contributed by atoms with Gasteiger partial charge in [-0.15, -0.1) is 0 Å². The first-order valence-corrected chi connectivity index (χ1v) is 8.04. The van der Waals surface area contributed by atoms with Crippen LogP contribution in [0.3, 0.4) is 0 Å². The molecule has 2 aromatic rings. The summed E-state index contributed by atoms with van der Waals surface area (Å²) >= 11 is 6.16. The van der Waals surface area contributed by atoms with Crippen LogP contribution in [0.4, 0.5) is 18.9 Å². The van der Waals surface area contributed by atoms with E-state index in [9.17, 15) is 18.0 Å². The summed E-state index contributed by atoms with van der Waals surface area (Å²) < 4.78 is 39.4. The quantitative estimate of drug-likeness (QED) is 0.422. The van der Waals surface area contributed by atoms with Crippen molar-refractivity contribution in [2.75, 3.05) is 11.4 Å². The summed E-state index contributed by atoms with van der Waals surface area (Å²) in [7, 11) is 0. The Morgan fingerprint density at radius 2 is 1.89 bits per heavy atom. The van der Waals surface area contributed by atoms with Gasteiger partial charge in [0, 0.05) is 16.0 Å². The van der Waals surface area contributed by atoms with Gasteiger partial charge in [0.2, 0.25) is 6.17 Å². The van der Waals surface area contributed by atoms with E-state index < -0.39 is 24.8 Å². The van der Waals surface area contributed by atoms with Crippen LogP contribution in [0.15, 0.2) is 58.6 Å². The molecule has 0 radical (unpaired) electrons. The number of fused-ring (bicyclic) bond motifs is 1. The maximum Gasteiger partial charge on any atom is 0.406 e. The number of anilines is 1. The average Bonchev–Trinajstić information content (AvgIpc) is 2.73. The van der Waals surface area contributed by atoms with Crippen LogP contribution >= 0.6 is 11.6 Å². The largest absolute Gasteiger partial charge is 0.406 e. The predicted octanol–water partition coefficient (Wildman–Crippen LogP) is 4.72. The normalized spacial score (nSPS) is 16.9. The van der Waals surface area contributed by atoms with Crippen LogP contribution in [-0.2, 0) is 4.79 Å². The molecule has 0 aliphatic carbocycles. The van der Waals surface area contributed by atoms with Gasteiger partial charge < -0.3 is 0 Å². The number of amides is 1. The lowest BCUT2D eigenvalue weighted by Crippen LogP contribution is -2.43. The molecule has 1 aliphatic rings. The highest BCUT2D eigenvalue weighted by Gasteiger charge is 2.40. The van der Waals surface area contributed by atoms with Gasteiger partial charge in [0.15, 0.2) is 0 Å². The molecule has 0 aromatic heterocycles. The zero-order valence-electron chi connectivity index (χ0n) is 13.6. The Balaban J connectivity index is 2.30. The van der Waals surface area contributed by atoms with Crippen LogP contribution in [0.2, 0.25) is 5.02 Å². The number of alkyl halides is 3. The molecule has 138 valence electrons. The molecule has 0 N–H and O–H groups in total. The highest BCUT2D eigenvalue weighted by Crippen LogP contribution is 2.36. The number of aliphatic imine (C=N–C) groups is 1. The number of benzene rings is 2. The minimum atomic E-state index is -4.69. The number of benzodiazepines with no additional fused rings is 1. The number of hydrogen-bond donors (Lipinski definition) is 0. The zero-order valence-corrected chi connectivity index (χ0v) is 14.3. The Bertz CT molecular complexity index is 955. The van der Waals surface area contributed by atoms with Crippen LogP contribution < -0.4 is 4.90 Å². The van der Waals surface area contributed by atoms with Crippen molar-refractivity contribution in [2.45, 2.75) is 12.3 Å². The van der Waals surface area contributed by atoms with Gasteiger partial charge in [0.25, 0.3) is 5.91 Å². The lowest BCUT2D eigenvalue weighted by atomic mass is 10.00. The van der Waals surface area contributed by atoms with Gasteiger partial charge in [-0.05, 0) is 11.6 Å². The second-order valence-corrected chi connectivity index (χ2v) is 6.01. The molecule has 1 unspecified atom stereocenters. The Morgan fingerprint density at radius 1 is 1.19 bits per heavy atom. The average molecular weight is 394 g/mol. The van der Waals surface area contributed by atoms with Crippen LogP contribution in [0.5, 0.6) is 0 Å². The SMILES string of the molecule is [N-]=[N+]=NC1N=C(c2ccccc2)c2cccc(Cl)c2N(CC(F)(F)F)C1=O. The summed E-state index contributed by atoms with van der Waals surface area (Å²) in [5.41, 5.74) is 9.61. The van der Waals surface area contributed by atoms with E-state index in [1.807, 2.05) is 0 Å². The van der Waals surface area contributed by atoms with E-state index in [-0.39, 0.29) is 22.0 Å². The zero-order chi connectivity index (χ0) is 19.6. The first kappa shape index (κ1) is 18.8. The van der Waals surface area contributed by atoms with E-state index >= 15 is 0 Å². The topological polar surface area (TPSA) is 81.4 Å². The maximum atomic E-state index is 13.1. The number of nitrogens with zero attached hydrogens (tertiary/aromatic N) is 5. The van der Waals surface area contributed by atoms with Crippen LogP contribution in [0, 0.1) is 0 Å². The molecular formula is C17H11ClF3N5O. The van der Waals surface area contributed by atoms with Gasteiger partial charge in [-0.25, -0.2) is 0 Å². The fraction of sp³-hybridized carbons (Fsp3) is 0.176. The van der Waals surface area contributed by atoms with Crippen molar-refractivity contribution in [3.8, 4) is 0 Å². The number of hydrogen-bond acceptors (Lipinski definition) is 3. The van der Waals surface area contributed by atoms with Crippen molar-refractivity contribution in [3.63, 3.8) is 0 Å². The maximum absolute atomic E-state index is 13.1. The molecule has 1 heterocycles. The summed E-state index contributed by atoms with van der Waals surface area (Å²) in [5.74, 6) is -1.11. The van der Waals surface area contributed by atoms with Crippen LogP contribution in [0.1, 0.15) is 11.1 Å². The minimum absolute atomic E-state index is 0.0460. The highest BCUT2D eigenvalue weighted by atomic mass is 35.5. The van der Waals surface area contributed by atoms with E-state index in [1.54, 1.807) is 36.4 Å². The Hall–Kier alpha value is -3.03. The molecule has 10 heteroatoms. The van der Waals surface area contributed by atoms with Crippen molar-refractivity contribution in [1.29, 1.82) is 0 Å². The Labute approximate surface area is 156 Å². The van der Waals surface area contributed by atoms with Gasteiger partial charge in [-0.3, -0.25) is 14.7 Å². The molecule has 6 nitrogen and oxygen atoms in total. The summed E-state index contributed by atoms with van der Waals surface area (Å²) in [6.07, 6.45) is -6.37. The van der Waals surface area contributed by atoms with Gasteiger partial charge >= 0.3 is 6.18 Å². The molecule has 1 atom stereocenters. The summed E-state index contributed by atoms with van der Waals surface area (Å²) in [6, 6.07) is 13.0. The van der Waals surface area contributed by atoms with Gasteiger partial charge in [-0.1, -0.05) is 59.2 Å². The summed E-state index contributed by atoms with van der Waals surface area (Å²) in [6.45, 7) is -1.59. The first-order chi connectivity index (χ1) is 12.8. The van der Waals surface area contributed by atoms with Crippen molar-refractivity contribution >= 4 is 28.9 Å². The van der Waals surface area contributed by atoms with Crippen molar-refractivity contribution in [2.24, 2.45) is 10.1 Å². The number of carbonyl (C=O) groups is 1. The van der Waals surface area contributed by atoms with E-state index in [0.29, 0.717) is 10.5 Å². The monoisotopic (exact) mass is 393 g/mol. The molecule has 0 saturated carbocycles. The lowest BCUT2D eigenvalue weighted by molar-refractivity contribution is -0.133. The molecule has 1 aliphatic heterocycles. The third-order valence-electron chi connectivity index (χ3n) is 3.80. The van der Waals surface area contributed by atoms with Crippen molar-refractivity contribution in [3.05, 3.63) is 75.1 Å². The molecule has 2 aromatic carbocycles. The highest BCUT2D eigenvalue weighted by molar-refractivity contribution is 6.36. The van der Waals surface area contributed by atoms with Crippen LogP contribution in [0.25, 0.3) is 10.4 Å². The van der Waals surface area contributed by atoms with E-state index in [4.69, 9.17) is 17.1 Å². The predicted molar refractivity (Wildman–Crippen MR) is 94.9 cm³/mol. The smallest absolute Gasteiger partial charge is 0.299 e. The van der Waals surface area contributed by atoms with Gasteiger partial charge in [0.05, 0.1) is 16.4 Å². The molecule has 1 amide bonds. The number of rotatable bonds is 3. The fourth-order valence-electron chi connectivity index (χ4n) is 2.76. The molecule has 0 saturated heterocycles. The number of halogens is 4. The number of azide groups is 1. The van der Waals surface area contributed by atoms with Gasteiger partial charge in [-0.2, -0.15) is 13.2 Å². The molecule has 0 fully saturated rings. The standard InChI is InChI=1S/C17H11ClF3N5O/c18-12-8-4-7-11-13(10-5-2-1-3-6-10)23-15(24-25-22)16(27)26(14(11)12)9-17(19,20)21/h1-8,15H,9H2. The van der Waals surface area contributed by atoms with Crippen LogP contribution in [-0.4, -0.2) is 30.5 Å². The van der Waals surface area contributed by atoms with Crippen molar-refractivity contribution in [1.82, 2.24) is 0 Å². The number of para-hydroxylation sites is 1. The fourth-order valence-corrected chi connectivity index (χ4v) is 3.04. The van der Waals surface area contributed by atoms with E-state index in [2.05, 4.69) is 15.0 Å². The van der Waals surface area contributed by atoms with Crippen molar-refractivity contribution < 1.29 is 18.0 Å². The van der Waals surface area contributed by atoms with Gasteiger partial charge in [0.1, 0.15) is 6.54 Å². The third kappa shape index (κ3) is 3.89. The first-order valence-electron chi connectivity index (χ1n) is 7.66. The third-order valence-corrected chi connectivity index (χ3v) is 4.10. The molecule has 0 bridgehead atoms. The molecular weight excluding hydrogens is 383 g/mol. The molecule has 27 heavy (non-hydrogen) atoms. The molecule has 0 spiro atoms. The summed E-state index contributed by atoms with van der Waals surface area (Å²) in [5, 5.41) is 3.24. The minimum Gasteiger partial charge on any atom is -0.299 e. The lowest BCUT2D eigenvalue weighted by Gasteiger charge is -2.26. The second-order valence-electron chi connectivity index (χ2n) is 5.60. The second kappa shape index (κ2) is 7.30. The Kier molecular flexibility index (Phi) is 5.07. The molecule has 3 rings (SSSR count). The number of carbonyl (C=O) groups excluding carboxylic acids is 1. The van der Waals surface area contributed by atoms with E-state index in [0.717, 1.165) is 0 Å².